The number of aromatic nitrogens is 1. The fourth-order valence-corrected chi connectivity index (χ4v) is 5.96. The number of benzene rings is 1. The van der Waals surface area contributed by atoms with Crippen LogP contribution in [0.5, 0.6) is 0 Å². The van der Waals surface area contributed by atoms with E-state index in [-0.39, 0.29) is 16.7 Å². The number of carbonyl (C=O) groups excluding carboxylic acids is 1. The average molecular weight is 449 g/mol. The van der Waals surface area contributed by atoms with Crippen molar-refractivity contribution in [2.24, 2.45) is 0 Å². The fraction of sp³-hybridized carbons (Fsp3) is 0.524. The maximum absolute atomic E-state index is 13.6. The van der Waals surface area contributed by atoms with Crippen LogP contribution in [0, 0.1) is 0 Å². The Labute approximate surface area is 182 Å². The molecule has 2 aromatic rings. The summed E-state index contributed by atoms with van der Waals surface area (Å²) in [5.74, 6) is 0.153. The molecule has 7 nitrogen and oxygen atoms in total. The normalized spacial score (nSPS) is 20.2. The van der Waals surface area contributed by atoms with Crippen LogP contribution in [-0.2, 0) is 10.0 Å². The van der Waals surface area contributed by atoms with Crippen molar-refractivity contribution in [1.82, 2.24) is 14.2 Å². The van der Waals surface area contributed by atoms with Gasteiger partial charge in [0.1, 0.15) is 0 Å². The molecule has 0 N–H and O–H groups in total. The van der Waals surface area contributed by atoms with Crippen molar-refractivity contribution in [1.29, 1.82) is 0 Å². The van der Waals surface area contributed by atoms with Crippen LogP contribution in [0.1, 0.15) is 47.0 Å². The van der Waals surface area contributed by atoms with Crippen molar-refractivity contribution < 1.29 is 13.2 Å². The lowest BCUT2D eigenvalue weighted by Crippen LogP contribution is -2.40. The number of hydrogen-bond donors (Lipinski definition) is 0. The summed E-state index contributed by atoms with van der Waals surface area (Å²) in [5, 5.41) is 3.04. The number of likely N-dealkylation sites (tertiary alicyclic amines) is 1. The summed E-state index contributed by atoms with van der Waals surface area (Å²) in [4.78, 5) is 22.3. The smallest absolute Gasteiger partial charge is 0.256 e. The topological polar surface area (TPSA) is 73.8 Å². The predicted octanol–water partition coefficient (Wildman–Crippen LogP) is 3.01. The van der Waals surface area contributed by atoms with Crippen molar-refractivity contribution in [3.63, 3.8) is 0 Å². The van der Waals surface area contributed by atoms with Gasteiger partial charge >= 0.3 is 0 Å². The third-order valence-corrected chi connectivity index (χ3v) is 8.68. The number of rotatable bonds is 5. The molecule has 1 atom stereocenters. The molecule has 30 heavy (non-hydrogen) atoms. The second kappa shape index (κ2) is 8.64. The Morgan fingerprint density at radius 2 is 1.93 bits per heavy atom. The average Bonchev–Trinajstić information content (AvgIpc) is 3.47. The molecule has 2 fully saturated rings. The van der Waals surface area contributed by atoms with Crippen LogP contribution >= 0.6 is 11.3 Å². The van der Waals surface area contributed by atoms with Gasteiger partial charge in [0, 0.05) is 63.5 Å². The Bertz CT molecular complexity index is 999. The Morgan fingerprint density at radius 1 is 1.17 bits per heavy atom. The monoisotopic (exact) mass is 448 g/mol. The highest BCUT2D eigenvalue weighted by atomic mass is 32.2. The maximum atomic E-state index is 13.6. The number of piperidine rings is 1. The van der Waals surface area contributed by atoms with Crippen molar-refractivity contribution in [2.75, 3.05) is 45.2 Å². The maximum Gasteiger partial charge on any atom is 0.256 e. The van der Waals surface area contributed by atoms with E-state index >= 15 is 0 Å². The molecule has 0 radical (unpaired) electrons. The molecule has 0 saturated carbocycles. The molecule has 9 heteroatoms. The van der Waals surface area contributed by atoms with Gasteiger partial charge in [0.15, 0.2) is 0 Å². The SMILES string of the molecule is CN(C)S(=O)(=O)c1ccc(N2CCCC2)c(C(=O)N2CCCC(c3nccs3)C2)c1. The minimum atomic E-state index is -3.61. The zero-order valence-electron chi connectivity index (χ0n) is 17.5. The number of amides is 1. The van der Waals surface area contributed by atoms with E-state index in [1.54, 1.807) is 29.5 Å². The first-order chi connectivity index (χ1) is 14.4. The summed E-state index contributed by atoms with van der Waals surface area (Å²) < 4.78 is 26.6. The van der Waals surface area contributed by atoms with Crippen molar-refractivity contribution in [3.05, 3.63) is 40.3 Å². The first kappa shape index (κ1) is 21.3. The summed E-state index contributed by atoms with van der Waals surface area (Å²) >= 11 is 1.63. The second-order valence-electron chi connectivity index (χ2n) is 8.12. The zero-order valence-corrected chi connectivity index (χ0v) is 19.1. The molecule has 1 unspecified atom stereocenters. The van der Waals surface area contributed by atoms with Gasteiger partial charge in [-0.15, -0.1) is 11.3 Å². The van der Waals surface area contributed by atoms with Crippen molar-refractivity contribution in [2.45, 2.75) is 36.5 Å². The van der Waals surface area contributed by atoms with Gasteiger partial charge in [0.2, 0.25) is 10.0 Å². The Hall–Kier alpha value is -1.97. The highest BCUT2D eigenvalue weighted by molar-refractivity contribution is 7.89. The largest absolute Gasteiger partial charge is 0.371 e. The lowest BCUT2D eigenvalue weighted by molar-refractivity contribution is 0.0707. The fourth-order valence-electron chi connectivity index (χ4n) is 4.26. The van der Waals surface area contributed by atoms with E-state index in [2.05, 4.69) is 9.88 Å². The first-order valence-electron chi connectivity index (χ1n) is 10.4. The summed E-state index contributed by atoms with van der Waals surface area (Å²) in [5.41, 5.74) is 1.33. The lowest BCUT2D eigenvalue weighted by Gasteiger charge is -2.33. The van der Waals surface area contributed by atoms with E-state index in [1.807, 2.05) is 16.5 Å². The molecule has 2 saturated heterocycles. The predicted molar refractivity (Wildman–Crippen MR) is 119 cm³/mol. The van der Waals surface area contributed by atoms with Crippen LogP contribution in [0.25, 0.3) is 0 Å². The van der Waals surface area contributed by atoms with Gasteiger partial charge in [-0.05, 0) is 43.9 Å². The summed E-state index contributed by atoms with van der Waals surface area (Å²) in [6.45, 7) is 3.09. The van der Waals surface area contributed by atoms with Gasteiger partial charge in [-0.2, -0.15) is 0 Å². The Morgan fingerprint density at radius 3 is 2.60 bits per heavy atom. The lowest BCUT2D eigenvalue weighted by atomic mass is 9.97. The summed E-state index contributed by atoms with van der Waals surface area (Å²) in [6.07, 6.45) is 5.92. The molecule has 2 aliphatic heterocycles. The third kappa shape index (κ3) is 4.10. The number of carbonyl (C=O) groups is 1. The van der Waals surface area contributed by atoms with Gasteiger partial charge in [0.25, 0.3) is 5.91 Å². The molecule has 1 aromatic carbocycles. The number of anilines is 1. The van der Waals surface area contributed by atoms with Crippen LogP contribution in [-0.4, -0.2) is 68.8 Å². The molecule has 0 aliphatic carbocycles. The van der Waals surface area contributed by atoms with Gasteiger partial charge in [-0.1, -0.05) is 0 Å². The second-order valence-corrected chi connectivity index (χ2v) is 11.2. The Balaban J connectivity index is 1.68. The standard InChI is InChI=1S/C21H28N4O3S2/c1-23(2)30(27,28)17-7-8-19(24-10-3-4-11-24)18(14-17)21(26)25-12-5-6-16(15-25)20-22-9-13-29-20/h7-9,13-14,16H,3-6,10-12,15H2,1-2H3. The molecule has 0 spiro atoms. The van der Waals surface area contributed by atoms with E-state index in [9.17, 15) is 13.2 Å². The highest BCUT2D eigenvalue weighted by Crippen LogP contribution is 2.32. The minimum Gasteiger partial charge on any atom is -0.371 e. The summed E-state index contributed by atoms with van der Waals surface area (Å²) in [7, 11) is -0.598. The summed E-state index contributed by atoms with van der Waals surface area (Å²) in [6, 6.07) is 4.99. The highest BCUT2D eigenvalue weighted by Gasteiger charge is 2.30. The number of sulfonamides is 1. The molecule has 1 amide bonds. The molecule has 0 bridgehead atoms. The quantitative estimate of drug-likeness (QED) is 0.703. The van der Waals surface area contributed by atoms with Crippen LogP contribution in [0.15, 0.2) is 34.7 Å². The van der Waals surface area contributed by atoms with E-state index < -0.39 is 10.0 Å². The van der Waals surface area contributed by atoms with E-state index in [0.717, 1.165) is 49.5 Å². The molecule has 2 aliphatic rings. The van der Waals surface area contributed by atoms with Crippen molar-refractivity contribution in [3.8, 4) is 0 Å². The van der Waals surface area contributed by atoms with E-state index in [0.29, 0.717) is 18.7 Å². The zero-order chi connectivity index (χ0) is 21.3. The van der Waals surface area contributed by atoms with Gasteiger partial charge in [0.05, 0.1) is 15.5 Å². The minimum absolute atomic E-state index is 0.0889. The van der Waals surface area contributed by atoms with Crippen LogP contribution in [0.3, 0.4) is 0 Å². The number of hydrogen-bond acceptors (Lipinski definition) is 6. The number of thiazole rings is 1. The van der Waals surface area contributed by atoms with Crippen LogP contribution < -0.4 is 4.90 Å². The van der Waals surface area contributed by atoms with E-state index in [4.69, 9.17) is 0 Å². The Kier molecular flexibility index (Phi) is 6.13. The molecular weight excluding hydrogens is 420 g/mol. The molecule has 4 rings (SSSR count). The first-order valence-corrected chi connectivity index (χ1v) is 12.7. The van der Waals surface area contributed by atoms with Gasteiger partial charge in [-0.3, -0.25) is 4.79 Å². The third-order valence-electron chi connectivity index (χ3n) is 5.93. The van der Waals surface area contributed by atoms with Gasteiger partial charge in [-0.25, -0.2) is 17.7 Å². The van der Waals surface area contributed by atoms with E-state index in [1.165, 1.54) is 18.4 Å². The van der Waals surface area contributed by atoms with Crippen LogP contribution in [0.2, 0.25) is 0 Å². The molecule has 3 heterocycles. The van der Waals surface area contributed by atoms with Crippen molar-refractivity contribution >= 4 is 33.0 Å². The molecular formula is C21H28N4O3S2. The van der Waals surface area contributed by atoms with Gasteiger partial charge < -0.3 is 9.80 Å². The molecule has 162 valence electrons. The molecule has 1 aromatic heterocycles. The number of nitrogens with zero attached hydrogens (tertiary/aromatic N) is 4. The van der Waals surface area contributed by atoms with Crippen LogP contribution in [0.4, 0.5) is 5.69 Å².